The molecule has 2 aromatic rings. The molecule has 2 aliphatic heterocycles. The van der Waals surface area contributed by atoms with Crippen LogP contribution in [0.2, 0.25) is 0 Å². The molecule has 0 bridgehead atoms. The number of nitrogens with two attached hydrogens (primary N) is 1. The first-order chi connectivity index (χ1) is 18.9. The molecule has 13 heteroatoms. The lowest BCUT2D eigenvalue weighted by atomic mass is 9.94. The minimum absolute atomic E-state index is 0.0870. The Morgan fingerprint density at radius 1 is 1.13 bits per heavy atom. The second-order valence-corrected chi connectivity index (χ2v) is 10.8. The fraction of sp³-hybridized carbons (Fsp3) is 0.654. The normalized spacial score (nSPS) is 27.6. The third-order valence-corrected chi connectivity index (χ3v) is 7.93. The molecule has 2 aromatic heterocycles. The van der Waals surface area contributed by atoms with Crippen LogP contribution in [-0.4, -0.2) is 90.2 Å². The molecule has 2 aliphatic carbocycles. The summed E-state index contributed by atoms with van der Waals surface area (Å²) in [5.74, 6) is 6.30. The van der Waals surface area contributed by atoms with Gasteiger partial charge in [0.25, 0.3) is 5.91 Å². The molecule has 2 saturated heterocycles. The van der Waals surface area contributed by atoms with Crippen molar-refractivity contribution >= 4 is 29.0 Å². The van der Waals surface area contributed by atoms with Gasteiger partial charge in [-0.2, -0.15) is 0 Å². The lowest BCUT2D eigenvalue weighted by Crippen LogP contribution is -2.43. The number of carbonyl (C=O) groups is 2. The number of likely N-dealkylation sites (tertiary alicyclic amines) is 1. The monoisotopic (exact) mass is 539 g/mol. The number of imidazole rings is 1. The number of aliphatic hydroxyl groups is 2. The number of anilines is 1. The van der Waals surface area contributed by atoms with Crippen molar-refractivity contribution in [3.8, 4) is 11.8 Å². The van der Waals surface area contributed by atoms with Gasteiger partial charge in [0.1, 0.15) is 23.8 Å². The van der Waals surface area contributed by atoms with E-state index in [-0.39, 0.29) is 35.5 Å². The van der Waals surface area contributed by atoms with Crippen LogP contribution in [0.3, 0.4) is 0 Å². The molecule has 39 heavy (non-hydrogen) atoms. The fourth-order valence-corrected chi connectivity index (χ4v) is 5.10. The van der Waals surface area contributed by atoms with Gasteiger partial charge in [-0.3, -0.25) is 9.36 Å². The third-order valence-electron chi connectivity index (χ3n) is 7.93. The van der Waals surface area contributed by atoms with Crippen LogP contribution in [0.5, 0.6) is 0 Å². The number of nitrogens with one attached hydrogen (secondary N) is 1. The lowest BCUT2D eigenvalue weighted by Gasteiger charge is -2.33. The van der Waals surface area contributed by atoms with Crippen LogP contribution in [0, 0.1) is 17.8 Å². The number of carbonyl (C=O) groups excluding carboxylic acids is 2. The molecule has 4 atom stereocenters. The lowest BCUT2D eigenvalue weighted by molar-refractivity contribution is -0.137. The van der Waals surface area contributed by atoms with Gasteiger partial charge in [0, 0.05) is 25.6 Å². The van der Waals surface area contributed by atoms with Crippen molar-refractivity contribution in [2.45, 2.75) is 88.1 Å². The first-order valence-corrected chi connectivity index (χ1v) is 13.6. The number of aromatic nitrogens is 4. The van der Waals surface area contributed by atoms with Crippen LogP contribution in [-0.2, 0) is 14.3 Å². The van der Waals surface area contributed by atoms with Gasteiger partial charge in [0.15, 0.2) is 23.8 Å². The number of hydrogen-bond acceptors (Lipinski definition) is 10. The summed E-state index contributed by atoms with van der Waals surface area (Å²) < 4.78 is 12.7. The van der Waals surface area contributed by atoms with E-state index in [9.17, 15) is 19.8 Å². The van der Waals surface area contributed by atoms with Crippen molar-refractivity contribution in [3.05, 3.63) is 12.2 Å². The summed E-state index contributed by atoms with van der Waals surface area (Å²) in [7, 11) is 0. The van der Waals surface area contributed by atoms with Crippen LogP contribution in [0.15, 0.2) is 6.33 Å². The summed E-state index contributed by atoms with van der Waals surface area (Å²) in [6.07, 6.45) is 3.33. The van der Waals surface area contributed by atoms with Gasteiger partial charge in [-0.05, 0) is 56.8 Å². The van der Waals surface area contributed by atoms with Crippen molar-refractivity contribution < 1.29 is 29.3 Å². The summed E-state index contributed by atoms with van der Waals surface area (Å²) in [5, 5.41) is 23.9. The van der Waals surface area contributed by atoms with Crippen molar-refractivity contribution in [2.24, 2.45) is 5.92 Å². The Hall–Kier alpha value is -3.47. The Kier molecular flexibility index (Phi) is 7.01. The van der Waals surface area contributed by atoms with Crippen LogP contribution < -0.4 is 11.1 Å². The molecule has 13 nitrogen and oxygen atoms in total. The van der Waals surface area contributed by atoms with Crippen molar-refractivity contribution in [1.82, 2.24) is 29.7 Å². The number of amides is 2. The first-order valence-electron chi connectivity index (χ1n) is 13.6. The van der Waals surface area contributed by atoms with E-state index < -0.39 is 30.4 Å². The Bertz CT molecular complexity index is 1310. The highest BCUT2D eigenvalue weighted by atomic mass is 16.6. The van der Waals surface area contributed by atoms with Crippen LogP contribution in [0.25, 0.3) is 11.2 Å². The smallest absolute Gasteiger partial charge is 0.410 e. The van der Waals surface area contributed by atoms with Crippen molar-refractivity contribution in [1.29, 1.82) is 0 Å². The number of nitrogens with zero attached hydrogens (tertiary/aromatic N) is 5. The third kappa shape index (κ3) is 5.36. The number of nitrogen functional groups attached to an aromatic ring is 1. The first kappa shape index (κ1) is 25.8. The molecule has 6 rings (SSSR count). The quantitative estimate of drug-likeness (QED) is 0.390. The van der Waals surface area contributed by atoms with E-state index in [1.54, 1.807) is 4.90 Å². The maximum absolute atomic E-state index is 12.5. The number of ether oxygens (including phenoxy) is 2. The molecule has 208 valence electrons. The highest BCUT2D eigenvalue weighted by Crippen LogP contribution is 2.33. The fourth-order valence-electron chi connectivity index (χ4n) is 5.10. The van der Waals surface area contributed by atoms with E-state index in [1.165, 1.54) is 10.9 Å². The Balaban J connectivity index is 1.10. The van der Waals surface area contributed by atoms with Gasteiger partial charge in [-0.1, -0.05) is 5.92 Å². The van der Waals surface area contributed by atoms with Gasteiger partial charge in [-0.25, -0.2) is 19.7 Å². The Morgan fingerprint density at radius 2 is 1.90 bits per heavy atom. The van der Waals surface area contributed by atoms with Crippen molar-refractivity contribution in [3.63, 3.8) is 0 Å². The zero-order valence-corrected chi connectivity index (χ0v) is 21.5. The minimum Gasteiger partial charge on any atom is -0.446 e. The summed E-state index contributed by atoms with van der Waals surface area (Å²) >= 11 is 0. The second kappa shape index (κ2) is 10.6. The average molecular weight is 540 g/mol. The minimum atomic E-state index is -1.41. The summed E-state index contributed by atoms with van der Waals surface area (Å²) in [4.78, 5) is 39.5. The summed E-state index contributed by atoms with van der Waals surface area (Å²) in [6, 6.07) is 0.0910. The maximum Gasteiger partial charge on any atom is 0.410 e. The molecule has 4 unspecified atom stereocenters. The van der Waals surface area contributed by atoms with Gasteiger partial charge in [-0.15, -0.1) is 0 Å². The topological polar surface area (TPSA) is 178 Å². The Labute approximate surface area is 225 Å². The van der Waals surface area contributed by atoms with Gasteiger partial charge < -0.3 is 35.6 Å². The summed E-state index contributed by atoms with van der Waals surface area (Å²) in [6.45, 7) is 1.31. The van der Waals surface area contributed by atoms with Gasteiger partial charge >= 0.3 is 6.09 Å². The van der Waals surface area contributed by atoms with E-state index in [0.717, 1.165) is 44.9 Å². The number of rotatable bonds is 5. The summed E-state index contributed by atoms with van der Waals surface area (Å²) in [5.41, 5.74) is 6.70. The number of aliphatic hydroxyl groups excluding tert-OH is 2. The van der Waals surface area contributed by atoms with E-state index in [4.69, 9.17) is 15.2 Å². The molecule has 0 spiro atoms. The largest absolute Gasteiger partial charge is 0.446 e. The van der Waals surface area contributed by atoms with Crippen LogP contribution in [0.4, 0.5) is 10.6 Å². The van der Waals surface area contributed by atoms with Crippen molar-refractivity contribution in [2.75, 3.05) is 18.8 Å². The van der Waals surface area contributed by atoms with Crippen LogP contribution >= 0.6 is 0 Å². The van der Waals surface area contributed by atoms with E-state index in [2.05, 4.69) is 32.1 Å². The molecular formula is C26H33N7O6. The second-order valence-electron chi connectivity index (χ2n) is 10.8. The van der Waals surface area contributed by atoms with E-state index >= 15 is 0 Å². The number of fused-ring (bicyclic) bond motifs is 1. The van der Waals surface area contributed by atoms with E-state index in [1.807, 2.05) is 0 Å². The predicted octanol–water partition coefficient (Wildman–Crippen LogP) is 0.449. The number of hydrogen-bond donors (Lipinski definition) is 4. The van der Waals surface area contributed by atoms with Gasteiger partial charge in [0.2, 0.25) is 5.82 Å². The molecular weight excluding hydrogens is 506 g/mol. The standard InChI is InChI=1S/C26H33N7O6/c27-22-18-23(33(13-28-18)25-20(35)19(34)21(39-25)24(36)29-15-7-8-15)31-17(30-22)6-1-3-14-9-11-32(12-10-14)26(37)38-16-4-2-5-16/h13-16,19-21,25,34-35H,2-5,7-12H2,(H,29,36)(H2,27,30,31). The molecule has 4 aliphatic rings. The number of piperidine rings is 1. The molecule has 0 aromatic carbocycles. The molecule has 4 heterocycles. The van der Waals surface area contributed by atoms with Gasteiger partial charge in [0.05, 0.1) is 6.33 Å². The van der Waals surface area contributed by atoms with Crippen LogP contribution in [0.1, 0.15) is 63.4 Å². The van der Waals surface area contributed by atoms with E-state index in [0.29, 0.717) is 30.9 Å². The molecule has 4 fully saturated rings. The molecule has 5 N–H and O–H groups in total. The predicted molar refractivity (Wildman–Crippen MR) is 137 cm³/mol. The molecule has 2 saturated carbocycles. The highest BCUT2D eigenvalue weighted by molar-refractivity contribution is 5.83. The molecule has 2 amide bonds. The highest BCUT2D eigenvalue weighted by Gasteiger charge is 2.48. The zero-order chi connectivity index (χ0) is 27.1. The Morgan fingerprint density at radius 3 is 2.59 bits per heavy atom. The maximum atomic E-state index is 12.5. The zero-order valence-electron chi connectivity index (χ0n) is 21.5. The SMILES string of the molecule is Nc1nc(C#CCC2CCN(C(=O)OC3CCC3)CC2)nc2c1ncn2C1OC(C(=O)NC2CC2)C(O)C1O. The average Bonchev–Trinajstić information content (AvgIpc) is 3.53. The molecule has 0 radical (unpaired) electrons.